The van der Waals surface area contributed by atoms with Crippen molar-refractivity contribution in [1.29, 1.82) is 0 Å². The fourth-order valence-electron chi connectivity index (χ4n) is 2.70. The Balaban J connectivity index is 1.87. The van der Waals surface area contributed by atoms with Gasteiger partial charge in [-0.2, -0.15) is 0 Å². The Morgan fingerprint density at radius 3 is 2.64 bits per heavy atom. The fraction of sp³-hybridized carbons (Fsp3) is 0.263. The molecule has 0 aromatic heterocycles. The van der Waals surface area contributed by atoms with E-state index in [0.717, 1.165) is 0 Å². The van der Waals surface area contributed by atoms with Crippen LogP contribution in [0.15, 0.2) is 47.4 Å². The lowest BCUT2D eigenvalue weighted by molar-refractivity contribution is -0.145. The van der Waals surface area contributed by atoms with E-state index in [4.69, 9.17) is 14.2 Å². The summed E-state index contributed by atoms with van der Waals surface area (Å²) in [5.74, 6) is -1.03. The number of aryl methyl sites for hydroxylation is 1. The van der Waals surface area contributed by atoms with Gasteiger partial charge in [0.1, 0.15) is 5.75 Å². The molecule has 1 heterocycles. The molecular formula is C19H19NO7S. The zero-order chi connectivity index (χ0) is 20.3. The molecule has 0 aliphatic carbocycles. The number of carbonyl (C=O) groups is 2. The summed E-state index contributed by atoms with van der Waals surface area (Å²) in [6.07, 6.45) is -0.699. The zero-order valence-corrected chi connectivity index (χ0v) is 16.1. The first-order valence-corrected chi connectivity index (χ1v) is 9.94. The Kier molecular flexibility index (Phi) is 5.55. The Bertz CT molecular complexity index is 1020. The maximum Gasteiger partial charge on any atom is 0.347 e. The maximum absolute atomic E-state index is 12.8. The molecule has 0 bridgehead atoms. The van der Waals surface area contributed by atoms with Gasteiger partial charge < -0.3 is 14.2 Å². The van der Waals surface area contributed by atoms with Crippen molar-refractivity contribution in [3.8, 4) is 5.75 Å². The molecule has 0 amide bonds. The Morgan fingerprint density at radius 2 is 1.96 bits per heavy atom. The van der Waals surface area contributed by atoms with E-state index in [0.29, 0.717) is 11.3 Å². The minimum absolute atomic E-state index is 0.0580. The second-order valence-electron chi connectivity index (χ2n) is 6.13. The quantitative estimate of drug-likeness (QED) is 0.735. The SMILES string of the molecule is COc1ccccc1NS(=O)(=O)c1ccc(C)c(C(=O)OC2CCOC2=O)c1. The monoisotopic (exact) mass is 405 g/mol. The van der Waals surface area contributed by atoms with Gasteiger partial charge in [0.05, 0.1) is 29.9 Å². The van der Waals surface area contributed by atoms with Crippen molar-refractivity contribution in [1.82, 2.24) is 0 Å². The molecule has 1 saturated heterocycles. The number of benzene rings is 2. The summed E-state index contributed by atoms with van der Waals surface area (Å²) in [5, 5.41) is 0. The first-order chi connectivity index (χ1) is 13.3. The van der Waals surface area contributed by atoms with Crippen molar-refractivity contribution in [2.24, 2.45) is 0 Å². The highest BCUT2D eigenvalue weighted by atomic mass is 32.2. The maximum atomic E-state index is 12.8. The van der Waals surface area contributed by atoms with Gasteiger partial charge in [0, 0.05) is 6.42 Å². The molecule has 1 atom stereocenters. The number of hydrogen-bond acceptors (Lipinski definition) is 7. The van der Waals surface area contributed by atoms with Gasteiger partial charge in [-0.1, -0.05) is 18.2 Å². The van der Waals surface area contributed by atoms with Crippen LogP contribution in [0.4, 0.5) is 5.69 Å². The number of anilines is 1. The second-order valence-corrected chi connectivity index (χ2v) is 7.82. The molecular weight excluding hydrogens is 386 g/mol. The number of rotatable bonds is 6. The van der Waals surface area contributed by atoms with Gasteiger partial charge in [-0.25, -0.2) is 18.0 Å². The van der Waals surface area contributed by atoms with Crippen molar-refractivity contribution < 1.29 is 32.2 Å². The van der Waals surface area contributed by atoms with Gasteiger partial charge in [0.15, 0.2) is 0 Å². The average molecular weight is 405 g/mol. The summed E-state index contributed by atoms with van der Waals surface area (Å²) >= 11 is 0. The largest absolute Gasteiger partial charge is 0.495 e. The zero-order valence-electron chi connectivity index (χ0n) is 15.3. The Labute approximate surface area is 162 Å². The van der Waals surface area contributed by atoms with Gasteiger partial charge in [-0.15, -0.1) is 0 Å². The Morgan fingerprint density at radius 1 is 1.21 bits per heavy atom. The summed E-state index contributed by atoms with van der Waals surface area (Å²) in [7, 11) is -2.55. The van der Waals surface area contributed by atoms with E-state index in [1.165, 1.54) is 25.3 Å². The van der Waals surface area contributed by atoms with E-state index < -0.39 is 28.1 Å². The molecule has 1 N–H and O–H groups in total. The summed E-state index contributed by atoms with van der Waals surface area (Å²) in [6.45, 7) is 1.83. The third-order valence-corrected chi connectivity index (χ3v) is 5.59. The van der Waals surface area contributed by atoms with Crippen LogP contribution in [0, 0.1) is 6.92 Å². The van der Waals surface area contributed by atoms with Crippen LogP contribution < -0.4 is 9.46 Å². The smallest absolute Gasteiger partial charge is 0.347 e. The normalized spacial score (nSPS) is 16.4. The highest BCUT2D eigenvalue weighted by molar-refractivity contribution is 7.92. The standard InChI is InChI=1S/C19H19NO7S/c1-12-7-8-13(11-14(12)18(21)27-17-9-10-26-19(17)22)28(23,24)20-15-5-3-4-6-16(15)25-2/h3-8,11,17,20H,9-10H2,1-2H3. The van der Waals surface area contributed by atoms with Crippen LogP contribution in [-0.4, -0.2) is 40.2 Å². The van der Waals surface area contributed by atoms with Gasteiger partial charge in [-0.05, 0) is 36.8 Å². The van der Waals surface area contributed by atoms with Crippen LogP contribution in [0.1, 0.15) is 22.3 Å². The number of hydrogen-bond donors (Lipinski definition) is 1. The van der Waals surface area contributed by atoms with E-state index in [9.17, 15) is 18.0 Å². The van der Waals surface area contributed by atoms with Crippen LogP contribution in [0.5, 0.6) is 5.75 Å². The lowest BCUT2D eigenvalue weighted by Gasteiger charge is -2.14. The molecule has 0 spiro atoms. The number of carbonyl (C=O) groups excluding carboxylic acids is 2. The van der Waals surface area contributed by atoms with Gasteiger partial charge >= 0.3 is 11.9 Å². The number of nitrogens with one attached hydrogen (secondary N) is 1. The van der Waals surface area contributed by atoms with Crippen molar-refractivity contribution in [2.45, 2.75) is 24.3 Å². The van der Waals surface area contributed by atoms with Crippen molar-refractivity contribution in [3.63, 3.8) is 0 Å². The molecule has 2 aromatic carbocycles. The highest BCUT2D eigenvalue weighted by Gasteiger charge is 2.31. The summed E-state index contributed by atoms with van der Waals surface area (Å²) in [5.41, 5.74) is 0.846. The van der Waals surface area contributed by atoms with Crippen molar-refractivity contribution in [2.75, 3.05) is 18.4 Å². The molecule has 1 fully saturated rings. The molecule has 9 heteroatoms. The molecule has 0 radical (unpaired) electrons. The minimum Gasteiger partial charge on any atom is -0.495 e. The first-order valence-electron chi connectivity index (χ1n) is 8.46. The number of esters is 2. The third kappa shape index (κ3) is 4.09. The van der Waals surface area contributed by atoms with Gasteiger partial charge in [-0.3, -0.25) is 4.72 Å². The predicted molar refractivity (Wildman–Crippen MR) is 99.8 cm³/mol. The third-order valence-electron chi connectivity index (χ3n) is 4.23. The molecule has 0 saturated carbocycles. The van der Waals surface area contributed by atoms with Crippen LogP contribution in [0.2, 0.25) is 0 Å². The lowest BCUT2D eigenvalue weighted by Crippen LogP contribution is -2.23. The summed E-state index contributed by atoms with van der Waals surface area (Å²) in [6, 6.07) is 10.7. The van der Waals surface area contributed by atoms with E-state index in [1.54, 1.807) is 31.2 Å². The second kappa shape index (κ2) is 7.89. The minimum atomic E-state index is -3.99. The van der Waals surface area contributed by atoms with E-state index in [-0.39, 0.29) is 29.2 Å². The van der Waals surface area contributed by atoms with Crippen LogP contribution in [0.25, 0.3) is 0 Å². The number of sulfonamides is 1. The lowest BCUT2D eigenvalue weighted by atomic mass is 10.1. The van der Waals surface area contributed by atoms with Crippen molar-refractivity contribution in [3.05, 3.63) is 53.6 Å². The Hall–Kier alpha value is -3.07. The molecule has 1 aliphatic heterocycles. The van der Waals surface area contributed by atoms with Crippen LogP contribution in [-0.2, 0) is 24.3 Å². The van der Waals surface area contributed by atoms with Gasteiger partial charge in [0.25, 0.3) is 10.0 Å². The summed E-state index contributed by atoms with van der Waals surface area (Å²) < 4.78 is 43.0. The molecule has 1 aliphatic rings. The fourth-order valence-corrected chi connectivity index (χ4v) is 3.79. The number of ether oxygens (including phenoxy) is 3. The average Bonchev–Trinajstić information content (AvgIpc) is 3.06. The molecule has 8 nitrogen and oxygen atoms in total. The van der Waals surface area contributed by atoms with Crippen LogP contribution in [0.3, 0.4) is 0 Å². The highest BCUT2D eigenvalue weighted by Crippen LogP contribution is 2.27. The summed E-state index contributed by atoms with van der Waals surface area (Å²) in [4.78, 5) is 23.8. The van der Waals surface area contributed by atoms with Crippen molar-refractivity contribution >= 4 is 27.6 Å². The molecule has 148 valence electrons. The molecule has 28 heavy (non-hydrogen) atoms. The molecule has 3 rings (SSSR count). The van der Waals surface area contributed by atoms with E-state index >= 15 is 0 Å². The topological polar surface area (TPSA) is 108 Å². The van der Waals surface area contributed by atoms with E-state index in [1.807, 2.05) is 0 Å². The first kappa shape index (κ1) is 19.7. The number of para-hydroxylation sites is 2. The van der Waals surface area contributed by atoms with Crippen LogP contribution >= 0.6 is 0 Å². The van der Waals surface area contributed by atoms with Gasteiger partial charge in [0.2, 0.25) is 6.10 Å². The predicted octanol–water partition coefficient (Wildman–Crippen LogP) is 2.28. The number of methoxy groups -OCH3 is 1. The molecule has 2 aromatic rings. The molecule has 1 unspecified atom stereocenters. The number of cyclic esters (lactones) is 1. The van der Waals surface area contributed by atoms with E-state index in [2.05, 4.69) is 4.72 Å².